The Kier molecular flexibility index (Phi) is 39.6. The molecule has 118 heavy (non-hydrogen) atoms. The summed E-state index contributed by atoms with van der Waals surface area (Å²) in [4.78, 5) is 189. The van der Waals surface area contributed by atoms with Gasteiger partial charge in [-0.2, -0.15) is 9.78 Å². The lowest BCUT2D eigenvalue weighted by molar-refractivity contribution is -0.136. The fourth-order valence-electron chi connectivity index (χ4n) is 12.5. The third-order valence-corrected chi connectivity index (χ3v) is 20.1. The molecule has 39 nitrogen and oxygen atoms in total. The lowest BCUT2D eigenvalue weighted by Gasteiger charge is -2.31. The van der Waals surface area contributed by atoms with E-state index in [1.807, 2.05) is 36.4 Å². The van der Waals surface area contributed by atoms with Gasteiger partial charge in [-0.25, -0.2) is 4.79 Å². The van der Waals surface area contributed by atoms with Gasteiger partial charge in [-0.15, -0.1) is 0 Å². The molecule has 5 aromatic rings. The first-order valence-electron chi connectivity index (χ1n) is 39.1. The van der Waals surface area contributed by atoms with Gasteiger partial charge in [0.2, 0.25) is 65.0 Å². The number of nitrogens with zero attached hydrogens (tertiary/aromatic N) is 4. The van der Waals surface area contributed by atoms with Crippen molar-refractivity contribution >= 4 is 112 Å². The van der Waals surface area contributed by atoms with Crippen LogP contribution in [-0.4, -0.2) is 263 Å². The molecule has 1 fully saturated rings. The van der Waals surface area contributed by atoms with Crippen LogP contribution in [-0.2, 0) is 59.2 Å². The quantitative estimate of drug-likeness (QED) is 0.0167. The fraction of sp³-hybridized carbons (Fsp3) is 0.500. The average molecular weight is 1660 g/mol. The van der Waals surface area contributed by atoms with Gasteiger partial charge in [-0.05, 0) is 164 Å². The lowest BCUT2D eigenvalue weighted by Crippen LogP contribution is -2.63. The number of fused-ring (bicyclic) bond motifs is 1. The zero-order valence-corrected chi connectivity index (χ0v) is 67.9. The Morgan fingerprint density at radius 1 is 0.644 bits per heavy atom. The van der Waals surface area contributed by atoms with E-state index in [2.05, 4.69) is 79.2 Å². The Morgan fingerprint density at radius 3 is 1.84 bits per heavy atom. The number of aromatic nitrogens is 3. The molecule has 0 saturated carbocycles. The minimum atomic E-state index is -1.97. The second-order valence-corrected chi connectivity index (χ2v) is 29.9. The minimum Gasteiger partial charge on any atom is -0.391 e. The van der Waals surface area contributed by atoms with Crippen molar-refractivity contribution in [2.24, 2.45) is 40.3 Å². The van der Waals surface area contributed by atoms with E-state index in [0.717, 1.165) is 6.92 Å². The van der Waals surface area contributed by atoms with Gasteiger partial charge >= 0.3 is 6.03 Å². The van der Waals surface area contributed by atoms with Crippen molar-refractivity contribution in [2.45, 2.75) is 187 Å². The highest BCUT2D eigenvalue weighted by Gasteiger charge is 2.38. The minimum absolute atomic E-state index is 0.0208. The summed E-state index contributed by atoms with van der Waals surface area (Å²) in [5, 5.41) is 72.9. The molecule has 2 aromatic heterocycles. The van der Waals surface area contributed by atoms with Crippen LogP contribution in [0.4, 0.5) is 4.79 Å². The number of nitrogens with one attached hydrogen (secondary N) is 13. The SMILES string of the molecule is CNC(=O)c1ccccc1Sc1ccc2c(/C=C/c3ccccn3)nn(C(=O)N(C)CCNC(=O)[C@H](N)CCC(=O)N[C@@H](CCN)C(=O)NC(C(=O)N[C@H](CCN)C(O)N[C@@H]3CCNC(=O)C(C(C)O)NC(=O)C(CCN)NC(=O)[C@H](CCN)NC(=O)[C@H](CC(C)C)NC(=O)[C@H](Cc4ccccc4)NC(=O)C(CCN)NC3=O)[C@H](C)O)c2c1. The molecular weight excluding hydrogens is 1550 g/mol. The number of pyridine rings is 1. The highest BCUT2D eigenvalue weighted by atomic mass is 32.2. The van der Waals surface area contributed by atoms with Gasteiger partial charge in [0, 0.05) is 67.9 Å². The van der Waals surface area contributed by atoms with Crippen LogP contribution in [0.2, 0.25) is 0 Å². The van der Waals surface area contributed by atoms with Crippen LogP contribution in [0.15, 0.2) is 107 Å². The second kappa shape index (κ2) is 48.7. The molecule has 1 aliphatic rings. The summed E-state index contributed by atoms with van der Waals surface area (Å²) in [5.41, 5.74) is 38.5. The van der Waals surface area contributed by atoms with E-state index in [0.29, 0.717) is 43.2 Å². The van der Waals surface area contributed by atoms with Gasteiger partial charge in [0.15, 0.2) is 0 Å². The monoisotopic (exact) mass is 1660 g/mol. The third-order valence-electron chi connectivity index (χ3n) is 19.0. The highest BCUT2D eigenvalue weighted by molar-refractivity contribution is 7.99. The Bertz CT molecular complexity index is 4240. The molecule has 6 unspecified atom stereocenters. The summed E-state index contributed by atoms with van der Waals surface area (Å²) < 4.78 is 1.24. The molecule has 0 bridgehead atoms. The number of carbonyl (C=O) groups is 13. The van der Waals surface area contributed by atoms with Crippen LogP contribution in [0.1, 0.15) is 113 Å². The van der Waals surface area contributed by atoms with E-state index in [-0.39, 0.29) is 109 Å². The number of nitrogens with two attached hydrogens (primary N) is 6. The first kappa shape index (κ1) is 95.9. The van der Waals surface area contributed by atoms with Gasteiger partial charge in [0.1, 0.15) is 54.6 Å². The normalized spacial score (nSPS) is 20.0. The van der Waals surface area contributed by atoms with Crippen LogP contribution in [0, 0.1) is 5.92 Å². The maximum Gasteiger partial charge on any atom is 0.345 e. The maximum absolute atomic E-state index is 14.8. The summed E-state index contributed by atoms with van der Waals surface area (Å²) in [6.07, 6.45) is -2.40. The number of hydrogen-bond donors (Lipinski definition) is 22. The van der Waals surface area contributed by atoms with Crippen molar-refractivity contribution in [1.82, 2.24) is 88.8 Å². The Morgan fingerprint density at radius 2 is 1.24 bits per heavy atom. The number of hydrogen-bond acceptors (Lipinski definition) is 26. The maximum atomic E-state index is 14.8. The van der Waals surface area contributed by atoms with E-state index < -0.39 is 175 Å². The average Bonchev–Trinajstić information content (AvgIpc) is 1.63. The van der Waals surface area contributed by atoms with Gasteiger partial charge in [-0.1, -0.05) is 74.1 Å². The number of amides is 13. The van der Waals surface area contributed by atoms with Gasteiger partial charge < -0.3 is 118 Å². The molecule has 3 aromatic carbocycles. The second-order valence-electron chi connectivity index (χ2n) is 28.8. The molecule has 6 rings (SSSR count). The van der Waals surface area contributed by atoms with Crippen LogP contribution >= 0.6 is 11.8 Å². The standard InChI is InChI=1S/C78H115N23O16S/c1-43(2)40-59-74(113)92-54(26-32-80)68(107)91-57(29-35-83)73(112)97-64(44(3)102)76(115)87-37-30-58(71(110)90-55(27-33-81)70(109)96-60(75(114)95-59)41-46-14-8-7-9-15-46)93-69(108)56(28-34-82)94-77(116)65(45(4)103)98-72(111)53(25-31-79)89-63(104)24-22-51(84)67(106)88-38-39-100(6)78(117)101-61-42-48(118-62-18-11-10-17-50(62)66(105)85-5)20-21-49(61)52(99-101)23-19-47-16-12-13-36-86-47/h7-21,23,36,42-45,51,53-60,64-65,69,93,102-103,108H,22,24-35,37-41,79-84H2,1-6H3,(H,85,105)(H,87,115)(H,88,106)(H,89,104)(H,90,110)(H,91,107)(H,92,113)(H,94,116)(H,95,114)(H,96,109)(H,97,112)(H,98,111)/b23-19+/t44?,45-,51+,53-,54-,55?,56+,57?,58+,59-,60-,64?,65?,69?/m0/s1. The van der Waals surface area contributed by atoms with E-state index in [1.165, 1.54) is 42.4 Å². The molecule has 40 heteroatoms. The summed E-state index contributed by atoms with van der Waals surface area (Å²) >= 11 is 1.33. The van der Waals surface area contributed by atoms with Crippen molar-refractivity contribution in [3.63, 3.8) is 0 Å². The molecule has 1 saturated heterocycles. The van der Waals surface area contributed by atoms with Crippen molar-refractivity contribution < 1.29 is 77.6 Å². The first-order chi connectivity index (χ1) is 56.3. The summed E-state index contributed by atoms with van der Waals surface area (Å²) in [6.45, 7) is 4.37. The highest BCUT2D eigenvalue weighted by Crippen LogP contribution is 2.34. The van der Waals surface area contributed by atoms with Crippen LogP contribution in [0.25, 0.3) is 23.1 Å². The van der Waals surface area contributed by atoms with Crippen LogP contribution in [0.5, 0.6) is 0 Å². The molecule has 0 spiro atoms. The predicted molar refractivity (Wildman–Crippen MR) is 440 cm³/mol. The number of likely N-dealkylation sites (N-methyl/N-ethyl adjacent to an activating group) is 1. The molecule has 13 amide bonds. The van der Waals surface area contributed by atoms with E-state index in [4.69, 9.17) is 34.4 Å². The van der Waals surface area contributed by atoms with Gasteiger partial charge in [-0.3, -0.25) is 67.8 Å². The topological polar surface area (TPSA) is 629 Å². The number of carbonyl (C=O) groups excluding carboxylic acids is 13. The molecule has 0 radical (unpaired) electrons. The van der Waals surface area contributed by atoms with Crippen LogP contribution in [0.3, 0.4) is 0 Å². The predicted octanol–water partition coefficient (Wildman–Crippen LogP) is -4.81. The summed E-state index contributed by atoms with van der Waals surface area (Å²) in [6, 6.07) is 9.44. The molecular formula is C78H115N23O16S. The lowest BCUT2D eigenvalue weighted by atomic mass is 10.00. The van der Waals surface area contributed by atoms with Crippen LogP contribution < -0.4 is 104 Å². The number of benzene rings is 3. The number of rotatable bonds is 36. The van der Waals surface area contributed by atoms with Gasteiger partial charge in [0.25, 0.3) is 5.91 Å². The van der Waals surface area contributed by atoms with Crippen molar-refractivity contribution in [3.05, 3.63) is 120 Å². The van der Waals surface area contributed by atoms with E-state index in [9.17, 15) is 77.6 Å². The fourth-order valence-corrected chi connectivity index (χ4v) is 13.5. The molecule has 0 aliphatic carbocycles. The largest absolute Gasteiger partial charge is 0.391 e. The van der Waals surface area contributed by atoms with E-state index in [1.54, 1.807) is 86.8 Å². The van der Waals surface area contributed by atoms with Gasteiger partial charge in [0.05, 0.1) is 52.8 Å². The van der Waals surface area contributed by atoms with E-state index >= 15 is 0 Å². The van der Waals surface area contributed by atoms with Crippen molar-refractivity contribution in [1.29, 1.82) is 0 Å². The molecule has 1 aliphatic heterocycles. The Hall–Kier alpha value is -10.9. The zero-order valence-electron chi connectivity index (χ0n) is 67.1. The molecule has 644 valence electrons. The van der Waals surface area contributed by atoms with Crippen molar-refractivity contribution in [2.75, 3.05) is 66.5 Å². The molecule has 3 heterocycles. The third kappa shape index (κ3) is 29.6. The first-order valence-corrected chi connectivity index (χ1v) is 39.9. The van der Waals surface area contributed by atoms with Crippen molar-refractivity contribution in [3.8, 4) is 0 Å². The summed E-state index contributed by atoms with van der Waals surface area (Å²) in [7, 11) is 3.06. The Labute approximate surface area is 688 Å². The zero-order chi connectivity index (χ0) is 86.7. The number of aliphatic hydroxyl groups is 3. The number of aliphatic hydroxyl groups excluding tert-OH is 3. The molecule has 28 N–H and O–H groups in total. The molecule has 14 atom stereocenters. The Balaban J connectivity index is 1.14. The smallest absolute Gasteiger partial charge is 0.345 e. The summed E-state index contributed by atoms with van der Waals surface area (Å²) in [5.74, 6) is -10.5.